The number of Topliss-reactive ketones (excluding diaryl/α,β-unsaturated/α-hetero) is 1. The minimum absolute atomic E-state index is 0.187. The topological polar surface area (TPSA) is 35.5 Å². The number of benzene rings is 2. The van der Waals surface area contributed by atoms with E-state index in [0.717, 1.165) is 5.56 Å². The van der Waals surface area contributed by atoms with Crippen LogP contribution in [0.1, 0.15) is 21.5 Å². The Morgan fingerprint density at radius 1 is 1.24 bits per heavy atom. The molecule has 21 heavy (non-hydrogen) atoms. The largest absolute Gasteiger partial charge is 0.497 e. The molecule has 4 heteroatoms. The number of allylic oxidation sites excluding steroid dienone is 1. The number of fused-ring (bicyclic) bond motifs is 1. The number of rotatable bonds is 2. The lowest BCUT2D eigenvalue weighted by Gasteiger charge is -2.04. The van der Waals surface area contributed by atoms with Gasteiger partial charge in [0.05, 0.1) is 12.7 Å². The molecular formula is C17H13FO3. The van der Waals surface area contributed by atoms with Crippen LogP contribution < -0.4 is 9.47 Å². The molecule has 0 spiro atoms. The molecule has 0 saturated heterocycles. The normalized spacial score (nSPS) is 15.0. The standard InChI is InChI=1S/C17H13FO3/c1-10-6-13(20-2)9-14-16(10)17(19)15(21-14)8-11-4-3-5-12(18)7-11/h3-9H,1-2H3/b15-8-. The highest BCUT2D eigenvalue weighted by Crippen LogP contribution is 2.37. The van der Waals surface area contributed by atoms with Gasteiger partial charge in [0.15, 0.2) is 5.76 Å². The monoisotopic (exact) mass is 284 g/mol. The van der Waals surface area contributed by atoms with Gasteiger partial charge in [-0.25, -0.2) is 4.39 Å². The third-order valence-electron chi connectivity index (χ3n) is 3.33. The van der Waals surface area contributed by atoms with Crippen LogP contribution in [0, 0.1) is 12.7 Å². The summed E-state index contributed by atoms with van der Waals surface area (Å²) in [6.45, 7) is 1.83. The number of methoxy groups -OCH3 is 1. The Labute approximate surface area is 121 Å². The molecule has 3 nitrogen and oxygen atoms in total. The van der Waals surface area contributed by atoms with Gasteiger partial charge in [0, 0.05) is 6.07 Å². The van der Waals surface area contributed by atoms with E-state index in [1.165, 1.54) is 18.2 Å². The SMILES string of the molecule is COc1cc(C)c2c(c1)O/C(=C\c1cccc(F)c1)C2=O. The number of aryl methyl sites for hydroxylation is 1. The van der Waals surface area contributed by atoms with E-state index in [4.69, 9.17) is 9.47 Å². The molecular weight excluding hydrogens is 271 g/mol. The minimum Gasteiger partial charge on any atom is -0.497 e. The highest BCUT2D eigenvalue weighted by molar-refractivity contribution is 6.15. The fourth-order valence-electron chi connectivity index (χ4n) is 2.34. The van der Waals surface area contributed by atoms with Crippen molar-refractivity contribution in [1.29, 1.82) is 0 Å². The van der Waals surface area contributed by atoms with Crippen LogP contribution in [0.4, 0.5) is 4.39 Å². The summed E-state index contributed by atoms with van der Waals surface area (Å²) >= 11 is 0. The maximum atomic E-state index is 13.2. The van der Waals surface area contributed by atoms with Gasteiger partial charge in [-0.3, -0.25) is 4.79 Å². The van der Waals surface area contributed by atoms with E-state index in [1.54, 1.807) is 31.4 Å². The van der Waals surface area contributed by atoms with Crippen molar-refractivity contribution in [2.45, 2.75) is 6.92 Å². The maximum absolute atomic E-state index is 13.2. The quantitative estimate of drug-likeness (QED) is 0.788. The van der Waals surface area contributed by atoms with Crippen molar-refractivity contribution >= 4 is 11.9 Å². The van der Waals surface area contributed by atoms with E-state index in [0.29, 0.717) is 22.6 Å². The van der Waals surface area contributed by atoms with E-state index in [2.05, 4.69) is 0 Å². The molecule has 0 amide bonds. The van der Waals surface area contributed by atoms with Crippen LogP contribution in [-0.4, -0.2) is 12.9 Å². The molecule has 0 radical (unpaired) electrons. The molecule has 2 aromatic rings. The number of ether oxygens (including phenoxy) is 2. The molecule has 0 aliphatic carbocycles. The number of carbonyl (C=O) groups excluding carboxylic acids is 1. The molecule has 2 aromatic carbocycles. The average Bonchev–Trinajstić information content (AvgIpc) is 2.75. The van der Waals surface area contributed by atoms with Crippen molar-refractivity contribution in [2.75, 3.05) is 7.11 Å². The van der Waals surface area contributed by atoms with Gasteiger partial charge in [0.25, 0.3) is 0 Å². The number of hydrogen-bond donors (Lipinski definition) is 0. The van der Waals surface area contributed by atoms with Gasteiger partial charge in [0.1, 0.15) is 17.3 Å². The first-order valence-electron chi connectivity index (χ1n) is 6.47. The summed E-state index contributed by atoms with van der Waals surface area (Å²) in [6.07, 6.45) is 1.54. The first-order valence-corrected chi connectivity index (χ1v) is 6.47. The van der Waals surface area contributed by atoms with E-state index in [1.807, 2.05) is 6.92 Å². The molecule has 0 saturated carbocycles. The second-order valence-corrected chi connectivity index (χ2v) is 4.81. The first-order chi connectivity index (χ1) is 10.1. The molecule has 3 rings (SSSR count). The Kier molecular flexibility index (Phi) is 3.22. The molecule has 1 aliphatic heterocycles. The minimum atomic E-state index is -0.356. The van der Waals surface area contributed by atoms with Crippen molar-refractivity contribution in [2.24, 2.45) is 0 Å². The van der Waals surface area contributed by atoms with E-state index in [-0.39, 0.29) is 17.4 Å². The molecule has 0 bridgehead atoms. The summed E-state index contributed by atoms with van der Waals surface area (Å²) in [5.41, 5.74) is 1.89. The summed E-state index contributed by atoms with van der Waals surface area (Å²) in [4.78, 5) is 12.4. The Bertz CT molecular complexity index is 763. The summed E-state index contributed by atoms with van der Waals surface area (Å²) in [6, 6.07) is 9.45. The second kappa shape index (κ2) is 5.05. The second-order valence-electron chi connectivity index (χ2n) is 4.81. The van der Waals surface area contributed by atoms with Crippen molar-refractivity contribution in [3.05, 3.63) is 64.7 Å². The van der Waals surface area contributed by atoms with E-state index >= 15 is 0 Å². The van der Waals surface area contributed by atoms with Crippen molar-refractivity contribution in [3.8, 4) is 11.5 Å². The van der Waals surface area contributed by atoms with Gasteiger partial charge in [-0.2, -0.15) is 0 Å². The molecule has 0 unspecified atom stereocenters. The lowest BCUT2D eigenvalue weighted by atomic mass is 10.0. The highest BCUT2D eigenvalue weighted by atomic mass is 19.1. The summed E-state index contributed by atoms with van der Waals surface area (Å²) in [7, 11) is 1.56. The summed E-state index contributed by atoms with van der Waals surface area (Å²) in [5, 5.41) is 0. The van der Waals surface area contributed by atoms with Gasteiger partial charge < -0.3 is 9.47 Å². The van der Waals surface area contributed by atoms with Crippen molar-refractivity contribution in [1.82, 2.24) is 0 Å². The number of carbonyl (C=O) groups is 1. The van der Waals surface area contributed by atoms with Crippen LogP contribution in [0.3, 0.4) is 0 Å². The van der Waals surface area contributed by atoms with E-state index < -0.39 is 0 Å². The number of hydrogen-bond acceptors (Lipinski definition) is 3. The number of ketones is 1. The Morgan fingerprint density at radius 2 is 2.05 bits per heavy atom. The lowest BCUT2D eigenvalue weighted by molar-refractivity contribution is 0.101. The van der Waals surface area contributed by atoms with Gasteiger partial charge in [-0.1, -0.05) is 12.1 Å². The van der Waals surface area contributed by atoms with Gasteiger partial charge in [0.2, 0.25) is 5.78 Å². The maximum Gasteiger partial charge on any atom is 0.232 e. The summed E-state index contributed by atoms with van der Waals surface area (Å²) < 4.78 is 24.0. The molecule has 0 atom stereocenters. The Morgan fingerprint density at radius 3 is 2.76 bits per heavy atom. The summed E-state index contributed by atoms with van der Waals surface area (Å²) in [5.74, 6) is 0.733. The first kappa shape index (κ1) is 13.4. The predicted molar refractivity (Wildman–Crippen MR) is 77.1 cm³/mol. The Balaban J connectivity index is 2.02. The van der Waals surface area contributed by atoms with Crippen molar-refractivity contribution < 1.29 is 18.7 Å². The van der Waals surface area contributed by atoms with Crippen LogP contribution >= 0.6 is 0 Å². The zero-order chi connectivity index (χ0) is 15.0. The molecule has 0 N–H and O–H groups in total. The van der Waals surface area contributed by atoms with Crippen LogP contribution in [0.2, 0.25) is 0 Å². The zero-order valence-corrected chi connectivity index (χ0v) is 11.6. The van der Waals surface area contributed by atoms with Crippen LogP contribution in [0.5, 0.6) is 11.5 Å². The van der Waals surface area contributed by atoms with Gasteiger partial charge >= 0.3 is 0 Å². The molecule has 0 fully saturated rings. The predicted octanol–water partition coefficient (Wildman–Crippen LogP) is 3.76. The number of halogens is 1. The van der Waals surface area contributed by atoms with Crippen molar-refractivity contribution in [3.63, 3.8) is 0 Å². The van der Waals surface area contributed by atoms with Crippen LogP contribution in [0.25, 0.3) is 6.08 Å². The molecule has 0 aromatic heterocycles. The Hall–Kier alpha value is -2.62. The molecule has 1 heterocycles. The average molecular weight is 284 g/mol. The molecule has 1 aliphatic rings. The smallest absolute Gasteiger partial charge is 0.232 e. The zero-order valence-electron chi connectivity index (χ0n) is 11.6. The van der Waals surface area contributed by atoms with Crippen LogP contribution in [-0.2, 0) is 0 Å². The van der Waals surface area contributed by atoms with E-state index in [9.17, 15) is 9.18 Å². The van der Waals surface area contributed by atoms with Crippen LogP contribution in [0.15, 0.2) is 42.2 Å². The highest BCUT2D eigenvalue weighted by Gasteiger charge is 2.29. The molecule has 106 valence electrons. The van der Waals surface area contributed by atoms with Gasteiger partial charge in [-0.15, -0.1) is 0 Å². The fraction of sp³-hybridized carbons (Fsp3) is 0.118. The fourth-order valence-corrected chi connectivity index (χ4v) is 2.34. The third-order valence-corrected chi connectivity index (χ3v) is 3.33. The van der Waals surface area contributed by atoms with Gasteiger partial charge in [-0.05, 0) is 42.3 Å². The third kappa shape index (κ3) is 2.40. The lowest BCUT2D eigenvalue weighted by Crippen LogP contribution is -1.99.